The fourth-order valence-electron chi connectivity index (χ4n) is 2.92. The second-order valence-corrected chi connectivity index (χ2v) is 9.85. The van der Waals surface area contributed by atoms with Crippen molar-refractivity contribution in [3.8, 4) is 11.5 Å². The van der Waals surface area contributed by atoms with E-state index in [1.54, 1.807) is 0 Å². The monoisotopic (exact) mass is 533 g/mol. The van der Waals surface area contributed by atoms with Crippen molar-refractivity contribution >= 4 is 60.1 Å². The van der Waals surface area contributed by atoms with E-state index in [1.807, 2.05) is 0 Å². The summed E-state index contributed by atoms with van der Waals surface area (Å²) in [4.78, 5) is -1.55. The van der Waals surface area contributed by atoms with E-state index in [4.69, 9.17) is 15.7 Å². The Balaban J connectivity index is 2.29. The number of nitrogens with zero attached hydrogens (tertiary/aromatic N) is 2. The van der Waals surface area contributed by atoms with Gasteiger partial charge in [0.1, 0.15) is 26.9 Å². The van der Waals surface area contributed by atoms with Gasteiger partial charge in [-0.25, -0.2) is 5.26 Å². The molecule has 3 rings (SSSR count). The van der Waals surface area contributed by atoms with Gasteiger partial charge in [0.2, 0.25) is 0 Å². The number of hydrogen-bond acceptors (Lipinski definition) is 13. The van der Waals surface area contributed by atoms with Crippen LogP contribution in [0.25, 0.3) is 10.8 Å². The molecule has 0 spiro atoms. The molecule has 0 heterocycles. The average molecular weight is 534 g/mol. The molecule has 3 aromatic rings. The number of nitrogens with two attached hydrogens (primary N) is 1. The van der Waals surface area contributed by atoms with Crippen molar-refractivity contribution in [2.24, 2.45) is 10.2 Å². The zero-order valence-electron chi connectivity index (χ0n) is 16.8. The lowest BCUT2D eigenvalue weighted by Gasteiger charge is -2.12. The van der Waals surface area contributed by atoms with E-state index in [1.165, 1.54) is 25.3 Å². The molecule has 0 fully saturated rings. The Bertz CT molecular complexity index is 1510. The molecule has 0 amide bonds. The predicted molar refractivity (Wildman–Crippen MR) is 117 cm³/mol. The van der Waals surface area contributed by atoms with Crippen LogP contribution in [0.3, 0.4) is 0 Å². The number of azo groups is 1. The van der Waals surface area contributed by atoms with E-state index >= 15 is 0 Å². The zero-order chi connectivity index (χ0) is 25.3. The minimum atomic E-state index is -4.84. The first-order valence-corrected chi connectivity index (χ1v) is 12.3. The summed E-state index contributed by atoms with van der Waals surface area (Å²) >= 11 is 0.261. The fourth-order valence-corrected chi connectivity index (χ4v) is 4.86. The standard InChI is InChI=1S/C17H15N3O11S3/c1-29-8-2-5-12(14(6-8)33(23,24)25)19-20-15-13(32-31-30-22)7-10-9(16(15)21)3-4-11(18)17(10)34(26,27)28/h2-7,21-22H,18H2,1H3,(H,23,24,25)(H,26,27,28). The Morgan fingerprint density at radius 2 is 1.68 bits per heavy atom. The van der Waals surface area contributed by atoms with Gasteiger partial charge in [-0.3, -0.25) is 9.11 Å². The number of aromatic hydroxyl groups is 1. The van der Waals surface area contributed by atoms with Gasteiger partial charge in [0.05, 0.1) is 29.7 Å². The van der Waals surface area contributed by atoms with Crippen LogP contribution in [0.5, 0.6) is 11.5 Å². The molecule has 0 aliphatic carbocycles. The molecular formula is C17H15N3O11S3. The summed E-state index contributed by atoms with van der Waals surface area (Å²) in [6.45, 7) is 0. The molecule has 34 heavy (non-hydrogen) atoms. The second-order valence-electron chi connectivity index (χ2n) is 6.36. The number of nitrogen functional groups attached to an aromatic ring is 1. The summed E-state index contributed by atoms with van der Waals surface area (Å²) in [6, 6.07) is 6.94. The number of benzene rings is 3. The maximum absolute atomic E-state index is 11.8. The van der Waals surface area contributed by atoms with Crippen LogP contribution >= 0.6 is 12.0 Å². The van der Waals surface area contributed by atoms with Gasteiger partial charge in [0, 0.05) is 16.8 Å². The second kappa shape index (κ2) is 9.68. The van der Waals surface area contributed by atoms with Crippen molar-refractivity contribution in [3.05, 3.63) is 36.4 Å². The summed E-state index contributed by atoms with van der Waals surface area (Å²) in [5.74, 6) is -0.572. The van der Waals surface area contributed by atoms with Crippen LogP contribution in [-0.2, 0) is 29.6 Å². The maximum Gasteiger partial charge on any atom is 0.297 e. The van der Waals surface area contributed by atoms with Crippen molar-refractivity contribution in [2.75, 3.05) is 12.8 Å². The molecule has 0 aliphatic heterocycles. The SMILES string of the molecule is COc1ccc(N=Nc2c(SOOO)cc3c(S(=O)(=O)O)c(N)ccc3c2O)c(S(=O)(=O)O)c1. The van der Waals surface area contributed by atoms with E-state index in [2.05, 4.69) is 19.6 Å². The highest BCUT2D eigenvalue weighted by atomic mass is 32.2. The van der Waals surface area contributed by atoms with Crippen molar-refractivity contribution in [1.82, 2.24) is 0 Å². The number of hydrogen-bond donors (Lipinski definition) is 5. The molecule has 0 saturated heterocycles. The molecule has 0 aliphatic rings. The molecule has 3 aromatic carbocycles. The smallest absolute Gasteiger partial charge is 0.297 e. The molecule has 14 nitrogen and oxygen atoms in total. The van der Waals surface area contributed by atoms with Crippen LogP contribution in [0, 0.1) is 0 Å². The fraction of sp³-hybridized carbons (Fsp3) is 0.0588. The Hall–Kier alpha value is -3.03. The van der Waals surface area contributed by atoms with Gasteiger partial charge in [0.15, 0.2) is 5.75 Å². The number of fused-ring (bicyclic) bond motifs is 1. The first-order valence-electron chi connectivity index (χ1n) is 8.66. The zero-order valence-corrected chi connectivity index (χ0v) is 19.3. The van der Waals surface area contributed by atoms with E-state index < -0.39 is 35.8 Å². The van der Waals surface area contributed by atoms with E-state index in [9.17, 15) is 31.0 Å². The minimum Gasteiger partial charge on any atom is -0.505 e. The van der Waals surface area contributed by atoms with Crippen molar-refractivity contribution in [1.29, 1.82) is 0 Å². The molecule has 17 heteroatoms. The third kappa shape index (κ3) is 5.21. The Morgan fingerprint density at radius 1 is 0.971 bits per heavy atom. The van der Waals surface area contributed by atoms with Crippen LogP contribution in [0.4, 0.5) is 17.1 Å². The van der Waals surface area contributed by atoms with E-state index in [-0.39, 0.29) is 50.5 Å². The lowest BCUT2D eigenvalue weighted by atomic mass is 10.1. The highest BCUT2D eigenvalue weighted by Crippen LogP contribution is 2.46. The highest BCUT2D eigenvalue weighted by Gasteiger charge is 2.24. The molecule has 0 unspecified atom stereocenters. The van der Waals surface area contributed by atoms with Gasteiger partial charge in [0.25, 0.3) is 20.2 Å². The number of phenols is 1. The van der Waals surface area contributed by atoms with Crippen LogP contribution in [0.15, 0.2) is 61.3 Å². The summed E-state index contributed by atoms with van der Waals surface area (Å²) in [5.41, 5.74) is 4.63. The quantitative estimate of drug-likeness (QED) is 0.0698. The van der Waals surface area contributed by atoms with Gasteiger partial charge >= 0.3 is 0 Å². The Labute approximate surface area is 196 Å². The molecule has 182 valence electrons. The summed E-state index contributed by atoms with van der Waals surface area (Å²) in [7, 11) is -8.32. The van der Waals surface area contributed by atoms with Gasteiger partial charge in [-0.1, -0.05) is 5.04 Å². The number of rotatable bonds is 8. The summed E-state index contributed by atoms with van der Waals surface area (Å²) in [6.07, 6.45) is 0. The largest absolute Gasteiger partial charge is 0.505 e. The lowest BCUT2D eigenvalue weighted by molar-refractivity contribution is -0.432. The first-order chi connectivity index (χ1) is 15.9. The van der Waals surface area contributed by atoms with Crippen LogP contribution in [0.1, 0.15) is 0 Å². The third-order valence-electron chi connectivity index (χ3n) is 4.33. The number of methoxy groups -OCH3 is 1. The van der Waals surface area contributed by atoms with Crippen LogP contribution in [-0.4, -0.2) is 43.4 Å². The number of phenolic OH excluding ortho intramolecular Hbond substituents is 1. The van der Waals surface area contributed by atoms with E-state index in [0.717, 1.165) is 18.2 Å². The van der Waals surface area contributed by atoms with Gasteiger partial charge in [-0.05, 0) is 30.3 Å². The normalized spacial score (nSPS) is 12.5. The van der Waals surface area contributed by atoms with Crippen LogP contribution in [0.2, 0.25) is 0 Å². The molecule has 6 N–H and O–H groups in total. The van der Waals surface area contributed by atoms with Gasteiger partial charge in [-0.15, -0.1) is 14.6 Å². The first kappa shape index (κ1) is 25.6. The Morgan fingerprint density at radius 3 is 2.26 bits per heavy atom. The van der Waals surface area contributed by atoms with Crippen molar-refractivity contribution in [2.45, 2.75) is 14.7 Å². The maximum atomic E-state index is 11.8. The lowest BCUT2D eigenvalue weighted by Crippen LogP contribution is -2.04. The molecule has 0 radical (unpaired) electrons. The molecule has 0 bridgehead atoms. The molecule has 0 atom stereocenters. The van der Waals surface area contributed by atoms with Crippen LogP contribution < -0.4 is 10.5 Å². The number of anilines is 1. The molecule has 0 aromatic heterocycles. The number of ether oxygens (including phenoxy) is 1. The van der Waals surface area contributed by atoms with Crippen molar-refractivity contribution < 1.29 is 50.4 Å². The molecule has 0 saturated carbocycles. The van der Waals surface area contributed by atoms with Crippen molar-refractivity contribution in [3.63, 3.8) is 0 Å². The molecular weight excluding hydrogens is 518 g/mol. The highest BCUT2D eigenvalue weighted by molar-refractivity contribution is 7.94. The van der Waals surface area contributed by atoms with Gasteiger partial charge in [-0.2, -0.15) is 16.8 Å². The third-order valence-corrected chi connectivity index (χ3v) is 6.80. The Kier molecular flexibility index (Phi) is 7.29. The van der Waals surface area contributed by atoms with Gasteiger partial charge < -0.3 is 15.6 Å². The summed E-state index contributed by atoms with van der Waals surface area (Å²) in [5, 5.41) is 30.0. The average Bonchev–Trinajstić information content (AvgIpc) is 2.75. The summed E-state index contributed by atoms with van der Waals surface area (Å²) < 4.78 is 75.5. The van der Waals surface area contributed by atoms with E-state index in [0.29, 0.717) is 0 Å². The topological polar surface area (TPSA) is 228 Å². The predicted octanol–water partition coefficient (Wildman–Crippen LogP) is 3.47. The minimum absolute atomic E-state index is 0.0974.